The van der Waals surface area contributed by atoms with Gasteiger partial charge >= 0.3 is 0 Å². The Balaban J connectivity index is 2.15. The topological polar surface area (TPSA) is 26.0 Å². The molecule has 0 aliphatic heterocycles. The van der Waals surface area contributed by atoms with Gasteiger partial charge in [-0.1, -0.05) is 39.0 Å². The van der Waals surface area contributed by atoms with E-state index >= 15 is 0 Å². The third kappa shape index (κ3) is 5.97. The number of hydrogen-bond acceptors (Lipinski definition) is 2. The van der Waals surface area contributed by atoms with Crippen LogP contribution in [0.1, 0.15) is 45.4 Å². The van der Waals surface area contributed by atoms with Crippen LogP contribution in [-0.4, -0.2) is 5.75 Å². The first kappa shape index (κ1) is 14.4. The fourth-order valence-corrected chi connectivity index (χ4v) is 2.70. The fourth-order valence-electron chi connectivity index (χ4n) is 1.70. The third-order valence-corrected chi connectivity index (χ3v) is 3.89. The van der Waals surface area contributed by atoms with Crippen molar-refractivity contribution in [2.75, 3.05) is 11.5 Å². The Hall–Kier alpha value is -0.700. The van der Waals surface area contributed by atoms with Crippen LogP contribution >= 0.6 is 11.8 Å². The van der Waals surface area contributed by atoms with Crippen molar-refractivity contribution in [3.63, 3.8) is 0 Å². The molecule has 0 unspecified atom stereocenters. The molecule has 0 atom stereocenters. The number of unbranched alkanes of at least 4 members (excludes halogenated alkanes) is 5. The maximum atomic E-state index is 13.0. The zero-order valence-corrected chi connectivity index (χ0v) is 11.4. The zero-order valence-electron chi connectivity index (χ0n) is 10.5. The average Bonchev–Trinajstić information content (AvgIpc) is 2.32. The van der Waals surface area contributed by atoms with E-state index in [1.165, 1.54) is 50.7 Å². The second-order valence-electron chi connectivity index (χ2n) is 4.30. The van der Waals surface area contributed by atoms with Gasteiger partial charge in [0.15, 0.2) is 0 Å². The van der Waals surface area contributed by atoms with Crippen LogP contribution in [0.5, 0.6) is 0 Å². The molecule has 0 fully saturated rings. The van der Waals surface area contributed by atoms with Gasteiger partial charge in [-0.2, -0.15) is 0 Å². The smallest absolute Gasteiger partial charge is 0.124 e. The summed E-state index contributed by atoms with van der Waals surface area (Å²) in [5, 5.41) is 0. The van der Waals surface area contributed by atoms with Crippen LogP contribution in [0.4, 0.5) is 10.1 Å². The summed E-state index contributed by atoms with van der Waals surface area (Å²) in [5.41, 5.74) is 6.47. The maximum absolute atomic E-state index is 13.0. The summed E-state index contributed by atoms with van der Waals surface area (Å²) in [4.78, 5) is 0.874. The van der Waals surface area contributed by atoms with Gasteiger partial charge in [0.2, 0.25) is 0 Å². The molecule has 17 heavy (non-hydrogen) atoms. The number of halogens is 1. The van der Waals surface area contributed by atoms with Crippen LogP contribution in [0.25, 0.3) is 0 Å². The van der Waals surface area contributed by atoms with Crippen molar-refractivity contribution >= 4 is 17.4 Å². The molecular formula is C14H22FNS. The van der Waals surface area contributed by atoms with E-state index in [1.807, 2.05) is 0 Å². The minimum Gasteiger partial charge on any atom is -0.398 e. The van der Waals surface area contributed by atoms with Crippen LogP contribution < -0.4 is 5.73 Å². The molecule has 0 heterocycles. The summed E-state index contributed by atoms with van der Waals surface area (Å²) in [6.07, 6.45) is 7.72. The van der Waals surface area contributed by atoms with E-state index in [0.29, 0.717) is 5.69 Å². The van der Waals surface area contributed by atoms with Crippen LogP contribution in [0, 0.1) is 5.82 Å². The highest BCUT2D eigenvalue weighted by Crippen LogP contribution is 2.26. The Morgan fingerprint density at radius 3 is 2.59 bits per heavy atom. The van der Waals surface area contributed by atoms with Crippen LogP contribution in [0.2, 0.25) is 0 Å². The molecule has 0 radical (unpaired) electrons. The van der Waals surface area contributed by atoms with Crippen molar-refractivity contribution in [2.45, 2.75) is 50.3 Å². The lowest BCUT2D eigenvalue weighted by atomic mass is 10.1. The summed E-state index contributed by atoms with van der Waals surface area (Å²) in [6.45, 7) is 2.22. The number of thioether (sulfide) groups is 1. The largest absolute Gasteiger partial charge is 0.398 e. The number of rotatable bonds is 8. The first-order valence-corrected chi connectivity index (χ1v) is 7.40. The van der Waals surface area contributed by atoms with Crippen molar-refractivity contribution in [1.29, 1.82) is 0 Å². The predicted molar refractivity (Wildman–Crippen MR) is 74.9 cm³/mol. The molecule has 0 amide bonds. The van der Waals surface area contributed by atoms with Gasteiger partial charge in [0.05, 0.1) is 0 Å². The molecule has 0 aromatic heterocycles. The summed E-state index contributed by atoms with van der Waals surface area (Å²) in [5.74, 6) is 0.824. The Morgan fingerprint density at radius 2 is 1.82 bits per heavy atom. The molecule has 96 valence electrons. The van der Waals surface area contributed by atoms with Crippen molar-refractivity contribution < 1.29 is 4.39 Å². The van der Waals surface area contributed by atoms with Gasteiger partial charge in [-0.05, 0) is 30.4 Å². The fraction of sp³-hybridized carbons (Fsp3) is 0.571. The van der Waals surface area contributed by atoms with E-state index in [-0.39, 0.29) is 5.82 Å². The molecule has 0 aliphatic rings. The van der Waals surface area contributed by atoms with Gasteiger partial charge in [-0.25, -0.2) is 4.39 Å². The zero-order chi connectivity index (χ0) is 12.5. The Bertz CT molecular complexity index is 328. The van der Waals surface area contributed by atoms with E-state index in [4.69, 9.17) is 5.73 Å². The van der Waals surface area contributed by atoms with E-state index in [0.717, 1.165) is 10.6 Å². The van der Waals surface area contributed by atoms with Gasteiger partial charge in [0.1, 0.15) is 5.82 Å². The quantitative estimate of drug-likeness (QED) is 0.408. The van der Waals surface area contributed by atoms with E-state index in [2.05, 4.69) is 6.92 Å². The molecule has 0 aliphatic carbocycles. The number of nitrogens with two attached hydrogens (primary N) is 1. The van der Waals surface area contributed by atoms with Gasteiger partial charge in [-0.3, -0.25) is 0 Å². The lowest BCUT2D eigenvalue weighted by molar-refractivity contribution is 0.623. The average molecular weight is 255 g/mol. The lowest BCUT2D eigenvalue weighted by Crippen LogP contribution is -1.90. The molecule has 1 aromatic rings. The number of anilines is 1. The first-order valence-electron chi connectivity index (χ1n) is 6.42. The summed E-state index contributed by atoms with van der Waals surface area (Å²) >= 11 is 1.66. The first-order chi connectivity index (χ1) is 8.24. The molecule has 1 rings (SSSR count). The monoisotopic (exact) mass is 255 g/mol. The summed E-state index contributed by atoms with van der Waals surface area (Å²) in [7, 11) is 0. The second kappa shape index (κ2) is 8.40. The minimum absolute atomic E-state index is 0.204. The Kier molecular flexibility index (Phi) is 7.10. The summed E-state index contributed by atoms with van der Waals surface area (Å²) < 4.78 is 13.0. The summed E-state index contributed by atoms with van der Waals surface area (Å²) in [6, 6.07) is 4.57. The highest BCUT2D eigenvalue weighted by Gasteiger charge is 2.01. The maximum Gasteiger partial charge on any atom is 0.124 e. The van der Waals surface area contributed by atoms with Crippen molar-refractivity contribution in [3.8, 4) is 0 Å². The molecule has 1 nitrogen and oxygen atoms in total. The normalized spacial score (nSPS) is 10.7. The standard InChI is InChI=1S/C14H22FNS/c1-2-3-4-5-6-7-10-17-14-11-12(15)8-9-13(14)16/h8-9,11H,2-7,10,16H2,1H3. The Labute approximate surface area is 108 Å². The van der Waals surface area contributed by atoms with Gasteiger partial charge in [-0.15, -0.1) is 11.8 Å². The molecule has 0 saturated heterocycles. The van der Waals surface area contributed by atoms with Crippen LogP contribution in [-0.2, 0) is 0 Å². The molecule has 2 N–H and O–H groups in total. The predicted octanol–water partition coefficient (Wildman–Crippen LogP) is 4.86. The van der Waals surface area contributed by atoms with Crippen LogP contribution in [0.15, 0.2) is 23.1 Å². The van der Waals surface area contributed by atoms with Gasteiger partial charge in [0, 0.05) is 10.6 Å². The third-order valence-electron chi connectivity index (χ3n) is 2.73. The SMILES string of the molecule is CCCCCCCCSc1cc(F)ccc1N. The number of nitrogen functional groups attached to an aromatic ring is 1. The van der Waals surface area contributed by atoms with Crippen molar-refractivity contribution in [1.82, 2.24) is 0 Å². The second-order valence-corrected chi connectivity index (χ2v) is 5.44. The van der Waals surface area contributed by atoms with Crippen molar-refractivity contribution in [3.05, 3.63) is 24.0 Å². The highest BCUT2D eigenvalue weighted by atomic mass is 32.2. The highest BCUT2D eigenvalue weighted by molar-refractivity contribution is 7.99. The molecule has 3 heteroatoms. The molecule has 1 aromatic carbocycles. The van der Waals surface area contributed by atoms with Crippen LogP contribution in [0.3, 0.4) is 0 Å². The van der Waals surface area contributed by atoms with Gasteiger partial charge < -0.3 is 5.73 Å². The number of benzene rings is 1. The molecular weight excluding hydrogens is 233 g/mol. The van der Waals surface area contributed by atoms with Crippen molar-refractivity contribution in [2.24, 2.45) is 0 Å². The van der Waals surface area contributed by atoms with E-state index in [9.17, 15) is 4.39 Å². The lowest BCUT2D eigenvalue weighted by Gasteiger charge is -2.05. The molecule has 0 bridgehead atoms. The molecule has 0 spiro atoms. The minimum atomic E-state index is -0.204. The molecule has 0 saturated carbocycles. The number of hydrogen-bond donors (Lipinski definition) is 1. The van der Waals surface area contributed by atoms with E-state index in [1.54, 1.807) is 17.8 Å². The van der Waals surface area contributed by atoms with Gasteiger partial charge in [0.25, 0.3) is 0 Å². The van der Waals surface area contributed by atoms with E-state index < -0.39 is 0 Å². The Morgan fingerprint density at radius 1 is 1.12 bits per heavy atom.